The van der Waals surface area contributed by atoms with E-state index in [1.54, 1.807) is 25.4 Å². The van der Waals surface area contributed by atoms with Gasteiger partial charge in [0.1, 0.15) is 12.9 Å². The molecule has 0 bridgehead atoms. The zero-order chi connectivity index (χ0) is 17.6. The molecule has 0 saturated heterocycles. The van der Waals surface area contributed by atoms with E-state index in [0.717, 1.165) is 16.9 Å². The first kappa shape index (κ1) is 15.5. The second kappa shape index (κ2) is 5.82. The zero-order valence-corrected chi connectivity index (χ0v) is 14.2. The van der Waals surface area contributed by atoms with Crippen LogP contribution in [0.3, 0.4) is 0 Å². The Morgan fingerprint density at radius 3 is 3.00 bits per heavy atom. The molecule has 0 radical (unpaired) electrons. The molecular weight excluding hydrogens is 322 g/mol. The molecule has 8 nitrogen and oxygen atoms in total. The first-order valence-electron chi connectivity index (χ1n) is 7.83. The van der Waals surface area contributed by atoms with Crippen molar-refractivity contribution in [3.05, 3.63) is 47.2 Å². The van der Waals surface area contributed by atoms with Gasteiger partial charge in [0.05, 0.1) is 23.5 Å². The minimum absolute atomic E-state index is 0.0287. The van der Waals surface area contributed by atoms with Gasteiger partial charge in [-0.15, -0.1) is 0 Å². The van der Waals surface area contributed by atoms with Crippen LogP contribution in [-0.2, 0) is 17.9 Å². The number of ether oxygens (including phenoxy) is 1. The fourth-order valence-corrected chi connectivity index (χ4v) is 2.98. The van der Waals surface area contributed by atoms with Crippen molar-refractivity contribution < 1.29 is 14.1 Å². The third-order valence-corrected chi connectivity index (χ3v) is 4.19. The monoisotopic (exact) mass is 339 g/mol. The van der Waals surface area contributed by atoms with Crippen LogP contribution in [0, 0.1) is 6.92 Å². The summed E-state index contributed by atoms with van der Waals surface area (Å²) in [6.07, 6.45) is 1.69. The van der Waals surface area contributed by atoms with Gasteiger partial charge in [0.2, 0.25) is 0 Å². The molecule has 0 unspecified atom stereocenters. The Balaban J connectivity index is 1.87. The summed E-state index contributed by atoms with van der Waals surface area (Å²) in [5.74, 6) is 0.740. The molecule has 0 N–H and O–H groups in total. The van der Waals surface area contributed by atoms with Crippen LogP contribution in [0.4, 0.5) is 0 Å². The van der Waals surface area contributed by atoms with Crippen molar-refractivity contribution in [2.75, 3.05) is 14.2 Å². The average molecular weight is 339 g/mol. The molecule has 25 heavy (non-hydrogen) atoms. The van der Waals surface area contributed by atoms with Crippen molar-refractivity contribution in [1.82, 2.24) is 24.6 Å². The number of fused-ring (bicyclic) bond motifs is 3. The summed E-state index contributed by atoms with van der Waals surface area (Å²) in [7, 11) is 3.34. The molecule has 2 aromatic heterocycles. The second-order valence-corrected chi connectivity index (χ2v) is 6.04. The molecule has 3 heterocycles. The number of aromatic nitrogens is 4. The smallest absolute Gasteiger partial charge is 0.278 e. The molecule has 0 fully saturated rings. The van der Waals surface area contributed by atoms with Crippen LogP contribution >= 0.6 is 0 Å². The van der Waals surface area contributed by atoms with E-state index in [-0.39, 0.29) is 12.5 Å². The van der Waals surface area contributed by atoms with Crippen molar-refractivity contribution in [3.63, 3.8) is 0 Å². The van der Waals surface area contributed by atoms with Crippen LogP contribution in [0.1, 0.15) is 27.4 Å². The normalized spacial score (nSPS) is 13.6. The molecule has 8 heteroatoms. The van der Waals surface area contributed by atoms with Gasteiger partial charge in [-0.05, 0) is 19.1 Å². The number of carbonyl (C=O) groups excluding carboxylic acids is 1. The van der Waals surface area contributed by atoms with Gasteiger partial charge >= 0.3 is 0 Å². The van der Waals surface area contributed by atoms with E-state index < -0.39 is 0 Å². The molecule has 128 valence electrons. The minimum atomic E-state index is -0.0287. The summed E-state index contributed by atoms with van der Waals surface area (Å²) in [6.45, 7) is 2.62. The number of imidazole rings is 1. The van der Waals surface area contributed by atoms with E-state index in [1.807, 2.05) is 29.7 Å². The molecule has 0 atom stereocenters. The topological polar surface area (TPSA) is 86.3 Å². The van der Waals surface area contributed by atoms with Gasteiger partial charge in [-0.1, -0.05) is 16.8 Å². The van der Waals surface area contributed by atoms with Crippen molar-refractivity contribution in [2.24, 2.45) is 0 Å². The Bertz CT molecular complexity index is 959. The number of aryl methyl sites for hydroxylation is 1. The number of methoxy groups -OCH3 is 1. The van der Waals surface area contributed by atoms with Gasteiger partial charge < -0.3 is 14.2 Å². The molecule has 3 aromatic rings. The van der Waals surface area contributed by atoms with Crippen LogP contribution in [-0.4, -0.2) is 44.7 Å². The molecule has 0 aliphatic carbocycles. The van der Waals surface area contributed by atoms with Crippen molar-refractivity contribution in [2.45, 2.75) is 20.1 Å². The first-order chi connectivity index (χ1) is 12.1. The third-order valence-electron chi connectivity index (χ3n) is 4.19. The summed E-state index contributed by atoms with van der Waals surface area (Å²) in [6, 6.07) is 5.80. The zero-order valence-electron chi connectivity index (χ0n) is 14.2. The molecule has 1 amide bonds. The van der Waals surface area contributed by atoms with Crippen LogP contribution in [0.25, 0.3) is 17.3 Å². The van der Waals surface area contributed by atoms with Gasteiger partial charge in [-0.3, -0.25) is 9.36 Å². The maximum absolute atomic E-state index is 12.7. The van der Waals surface area contributed by atoms with E-state index in [0.29, 0.717) is 29.5 Å². The summed E-state index contributed by atoms with van der Waals surface area (Å²) < 4.78 is 12.2. The molecule has 0 spiro atoms. The SMILES string of the molecule is COCc1noc(-c2ncn3c2CN(C)C(=O)c2cc(C)ccc2-3)n1. The lowest BCUT2D eigenvalue weighted by atomic mass is 10.1. The van der Waals surface area contributed by atoms with Crippen LogP contribution < -0.4 is 0 Å². The lowest BCUT2D eigenvalue weighted by molar-refractivity contribution is 0.0788. The average Bonchev–Trinajstić information content (AvgIpc) is 3.19. The maximum atomic E-state index is 12.7. The predicted octanol–water partition coefficient (Wildman–Crippen LogP) is 1.96. The lowest BCUT2D eigenvalue weighted by Gasteiger charge is -2.14. The van der Waals surface area contributed by atoms with Gasteiger partial charge in [-0.25, -0.2) is 4.98 Å². The van der Waals surface area contributed by atoms with Gasteiger partial charge in [-0.2, -0.15) is 4.98 Å². The predicted molar refractivity (Wildman–Crippen MR) is 88.1 cm³/mol. The largest absolute Gasteiger partial charge is 0.377 e. The van der Waals surface area contributed by atoms with Crippen LogP contribution in [0.15, 0.2) is 29.0 Å². The van der Waals surface area contributed by atoms with Crippen molar-refractivity contribution >= 4 is 5.91 Å². The number of benzene rings is 1. The highest BCUT2D eigenvalue weighted by Gasteiger charge is 2.28. The van der Waals surface area contributed by atoms with Crippen molar-refractivity contribution in [1.29, 1.82) is 0 Å². The molecule has 1 aromatic carbocycles. The standard InChI is InChI=1S/C17H17N5O3/c1-10-4-5-12-11(6-10)17(23)21(2)7-13-15(18-9-22(12)13)16-19-14(8-24-3)20-25-16/h4-6,9H,7-8H2,1-3H3. The minimum Gasteiger partial charge on any atom is -0.377 e. The molecule has 1 aliphatic rings. The van der Waals surface area contributed by atoms with E-state index in [4.69, 9.17) is 9.26 Å². The Kier molecular flexibility index (Phi) is 3.61. The summed E-state index contributed by atoms with van der Waals surface area (Å²) in [5, 5.41) is 3.88. The van der Waals surface area contributed by atoms with Crippen LogP contribution in [0.2, 0.25) is 0 Å². The summed E-state index contributed by atoms with van der Waals surface area (Å²) in [5.41, 5.74) is 3.88. The van der Waals surface area contributed by atoms with E-state index in [9.17, 15) is 4.79 Å². The highest BCUT2D eigenvalue weighted by molar-refractivity contribution is 5.98. The van der Waals surface area contributed by atoms with E-state index in [2.05, 4.69) is 15.1 Å². The van der Waals surface area contributed by atoms with Crippen LogP contribution in [0.5, 0.6) is 0 Å². The number of nitrogens with zero attached hydrogens (tertiary/aromatic N) is 5. The van der Waals surface area contributed by atoms with Gasteiger partial charge in [0.15, 0.2) is 11.5 Å². The van der Waals surface area contributed by atoms with Gasteiger partial charge in [0, 0.05) is 14.2 Å². The Hall–Kier alpha value is -3.00. The molecule has 4 rings (SSSR count). The third kappa shape index (κ3) is 2.51. The highest BCUT2D eigenvalue weighted by Crippen LogP contribution is 2.30. The van der Waals surface area contributed by atoms with Crippen molar-refractivity contribution in [3.8, 4) is 17.3 Å². The quantitative estimate of drug-likeness (QED) is 0.725. The Morgan fingerprint density at radius 2 is 2.20 bits per heavy atom. The molecular formula is C17H17N5O3. The fourth-order valence-electron chi connectivity index (χ4n) is 2.98. The van der Waals surface area contributed by atoms with E-state index in [1.165, 1.54) is 0 Å². The van der Waals surface area contributed by atoms with E-state index >= 15 is 0 Å². The fraction of sp³-hybridized carbons (Fsp3) is 0.294. The first-order valence-corrected chi connectivity index (χ1v) is 7.83. The number of rotatable bonds is 3. The summed E-state index contributed by atoms with van der Waals surface area (Å²) >= 11 is 0. The summed E-state index contributed by atoms with van der Waals surface area (Å²) in [4.78, 5) is 23.1. The highest BCUT2D eigenvalue weighted by atomic mass is 16.5. The molecule has 0 saturated carbocycles. The number of hydrogen-bond acceptors (Lipinski definition) is 6. The lowest BCUT2D eigenvalue weighted by Crippen LogP contribution is -2.25. The Morgan fingerprint density at radius 1 is 1.36 bits per heavy atom. The second-order valence-electron chi connectivity index (χ2n) is 6.04. The number of amides is 1. The Labute approximate surface area is 144 Å². The maximum Gasteiger partial charge on any atom is 0.278 e. The number of hydrogen-bond donors (Lipinski definition) is 0. The van der Waals surface area contributed by atoms with Gasteiger partial charge in [0.25, 0.3) is 11.8 Å². The molecule has 1 aliphatic heterocycles. The number of carbonyl (C=O) groups is 1.